The maximum Gasteiger partial charge on any atom is 0.257 e. The zero-order valence-electron chi connectivity index (χ0n) is 19.6. The lowest BCUT2D eigenvalue weighted by Gasteiger charge is -2.20. The SMILES string of the molecule is CC(C)(C)NC(=O)c1ccc(NC(=S)NC(=O)c2ccc(OCCc3ccccc3)cc2)cc1. The number of anilines is 1. The molecule has 0 saturated carbocycles. The number of benzene rings is 3. The van der Waals surface area contributed by atoms with Gasteiger partial charge in [0.15, 0.2) is 5.11 Å². The number of hydrogen-bond acceptors (Lipinski definition) is 4. The quantitative estimate of drug-likeness (QED) is 0.421. The second-order valence-corrected chi connectivity index (χ2v) is 9.21. The highest BCUT2D eigenvalue weighted by molar-refractivity contribution is 7.80. The molecule has 3 rings (SSSR count). The predicted octanol–water partition coefficient (Wildman–Crippen LogP) is 4.96. The van der Waals surface area contributed by atoms with E-state index in [-0.39, 0.29) is 22.5 Å². The van der Waals surface area contributed by atoms with E-state index in [1.54, 1.807) is 48.5 Å². The van der Waals surface area contributed by atoms with Crippen molar-refractivity contribution in [2.24, 2.45) is 0 Å². The largest absolute Gasteiger partial charge is 0.493 e. The van der Waals surface area contributed by atoms with Crippen LogP contribution in [0, 0.1) is 0 Å². The van der Waals surface area contributed by atoms with Crippen molar-refractivity contribution in [1.29, 1.82) is 0 Å². The molecular formula is C27H29N3O3S. The summed E-state index contributed by atoms with van der Waals surface area (Å²) < 4.78 is 5.76. The van der Waals surface area contributed by atoms with Gasteiger partial charge in [0, 0.05) is 28.8 Å². The van der Waals surface area contributed by atoms with Crippen LogP contribution in [0.3, 0.4) is 0 Å². The lowest BCUT2D eigenvalue weighted by molar-refractivity contribution is 0.0918. The lowest BCUT2D eigenvalue weighted by Crippen LogP contribution is -2.40. The molecule has 0 radical (unpaired) electrons. The second kappa shape index (κ2) is 11.4. The molecule has 0 bridgehead atoms. The highest BCUT2D eigenvalue weighted by Gasteiger charge is 2.15. The minimum absolute atomic E-state index is 0.151. The van der Waals surface area contributed by atoms with Crippen molar-refractivity contribution in [3.63, 3.8) is 0 Å². The van der Waals surface area contributed by atoms with Crippen LogP contribution in [-0.4, -0.2) is 29.1 Å². The first-order chi connectivity index (χ1) is 16.2. The zero-order chi connectivity index (χ0) is 24.6. The summed E-state index contributed by atoms with van der Waals surface area (Å²) in [5, 5.41) is 8.69. The monoisotopic (exact) mass is 475 g/mol. The minimum Gasteiger partial charge on any atom is -0.493 e. The fraction of sp³-hybridized carbons (Fsp3) is 0.222. The first kappa shape index (κ1) is 24.9. The van der Waals surface area contributed by atoms with E-state index < -0.39 is 0 Å². The molecule has 34 heavy (non-hydrogen) atoms. The van der Waals surface area contributed by atoms with Crippen LogP contribution in [0.2, 0.25) is 0 Å². The number of hydrogen-bond donors (Lipinski definition) is 3. The van der Waals surface area contributed by atoms with Gasteiger partial charge in [-0.05, 0) is 87.1 Å². The summed E-state index contributed by atoms with van der Waals surface area (Å²) in [6.45, 7) is 6.33. The van der Waals surface area contributed by atoms with Gasteiger partial charge in [-0.1, -0.05) is 30.3 Å². The third-order valence-electron chi connectivity index (χ3n) is 4.74. The Morgan fingerprint density at radius 1 is 0.824 bits per heavy atom. The summed E-state index contributed by atoms with van der Waals surface area (Å²) in [7, 11) is 0. The van der Waals surface area contributed by atoms with Crippen LogP contribution in [-0.2, 0) is 6.42 Å². The Morgan fingerprint density at radius 3 is 2.03 bits per heavy atom. The van der Waals surface area contributed by atoms with Crippen molar-refractivity contribution < 1.29 is 14.3 Å². The molecule has 0 aliphatic rings. The van der Waals surface area contributed by atoms with E-state index in [9.17, 15) is 9.59 Å². The summed E-state index contributed by atoms with van der Waals surface area (Å²) >= 11 is 5.25. The van der Waals surface area contributed by atoms with E-state index in [2.05, 4.69) is 28.1 Å². The van der Waals surface area contributed by atoms with E-state index >= 15 is 0 Å². The van der Waals surface area contributed by atoms with Crippen molar-refractivity contribution in [1.82, 2.24) is 10.6 Å². The molecule has 0 fully saturated rings. The first-order valence-electron chi connectivity index (χ1n) is 11.0. The lowest BCUT2D eigenvalue weighted by atomic mass is 10.1. The van der Waals surface area contributed by atoms with Crippen molar-refractivity contribution in [2.45, 2.75) is 32.7 Å². The molecule has 7 heteroatoms. The van der Waals surface area contributed by atoms with Gasteiger partial charge < -0.3 is 15.4 Å². The number of carbonyl (C=O) groups excluding carboxylic acids is 2. The summed E-state index contributed by atoms with van der Waals surface area (Å²) in [4.78, 5) is 24.7. The summed E-state index contributed by atoms with van der Waals surface area (Å²) in [5.74, 6) is 0.223. The summed E-state index contributed by atoms with van der Waals surface area (Å²) in [5.41, 5.74) is 2.57. The highest BCUT2D eigenvalue weighted by Crippen LogP contribution is 2.14. The molecule has 0 heterocycles. The Bertz CT molecular complexity index is 1120. The molecule has 3 aromatic carbocycles. The smallest absolute Gasteiger partial charge is 0.257 e. The normalized spacial score (nSPS) is 10.8. The predicted molar refractivity (Wildman–Crippen MR) is 139 cm³/mol. The van der Waals surface area contributed by atoms with Gasteiger partial charge in [0.05, 0.1) is 6.61 Å². The number of nitrogens with one attached hydrogen (secondary N) is 3. The van der Waals surface area contributed by atoms with Gasteiger partial charge in [0.1, 0.15) is 5.75 Å². The van der Waals surface area contributed by atoms with Crippen LogP contribution in [0.15, 0.2) is 78.9 Å². The van der Waals surface area contributed by atoms with Crippen LogP contribution in [0.5, 0.6) is 5.75 Å². The van der Waals surface area contributed by atoms with Crippen molar-refractivity contribution in [2.75, 3.05) is 11.9 Å². The standard InChI is InChI=1S/C27H29N3O3S/c1-27(2,3)30-25(32)21-9-13-22(14-10-21)28-26(34)29-24(31)20-11-15-23(16-12-20)33-18-17-19-7-5-4-6-8-19/h4-16H,17-18H2,1-3H3,(H,30,32)(H2,28,29,31,34). The third-order valence-corrected chi connectivity index (χ3v) is 4.94. The second-order valence-electron chi connectivity index (χ2n) is 8.80. The molecule has 3 aromatic rings. The van der Waals surface area contributed by atoms with Gasteiger partial charge in [0.25, 0.3) is 11.8 Å². The van der Waals surface area contributed by atoms with Crippen molar-refractivity contribution in [3.05, 3.63) is 95.6 Å². The van der Waals surface area contributed by atoms with Crippen molar-refractivity contribution in [3.8, 4) is 5.75 Å². The number of carbonyl (C=O) groups is 2. The fourth-order valence-corrected chi connectivity index (χ4v) is 3.30. The summed E-state index contributed by atoms with van der Waals surface area (Å²) in [6.07, 6.45) is 0.811. The zero-order valence-corrected chi connectivity index (χ0v) is 20.4. The Labute approximate surface area is 205 Å². The van der Waals surface area contributed by atoms with E-state index in [0.29, 0.717) is 29.2 Å². The molecule has 0 aliphatic heterocycles. The maximum atomic E-state index is 12.5. The summed E-state index contributed by atoms with van der Waals surface area (Å²) in [6, 6.07) is 23.9. The topological polar surface area (TPSA) is 79.5 Å². The van der Waals surface area contributed by atoms with E-state index in [4.69, 9.17) is 17.0 Å². The molecule has 0 unspecified atom stereocenters. The number of thiocarbonyl (C=S) groups is 1. The van der Waals surface area contributed by atoms with Crippen LogP contribution in [0.4, 0.5) is 5.69 Å². The van der Waals surface area contributed by atoms with Gasteiger partial charge in [-0.3, -0.25) is 14.9 Å². The molecule has 0 atom stereocenters. The van der Waals surface area contributed by atoms with Crippen LogP contribution in [0.1, 0.15) is 47.1 Å². The molecule has 6 nitrogen and oxygen atoms in total. The number of ether oxygens (including phenoxy) is 1. The number of rotatable bonds is 7. The Morgan fingerprint density at radius 2 is 1.41 bits per heavy atom. The fourth-order valence-electron chi connectivity index (χ4n) is 3.09. The number of amides is 2. The maximum absolute atomic E-state index is 12.5. The molecule has 0 aliphatic carbocycles. The Kier molecular flexibility index (Phi) is 8.38. The molecule has 0 saturated heterocycles. The van der Waals surface area contributed by atoms with Crippen molar-refractivity contribution >= 4 is 34.8 Å². The van der Waals surface area contributed by atoms with Gasteiger partial charge in [-0.25, -0.2) is 0 Å². The highest BCUT2D eigenvalue weighted by atomic mass is 32.1. The van der Waals surface area contributed by atoms with Crippen LogP contribution in [0.25, 0.3) is 0 Å². The van der Waals surface area contributed by atoms with E-state index in [1.807, 2.05) is 39.0 Å². The van der Waals surface area contributed by atoms with Gasteiger partial charge in [-0.2, -0.15) is 0 Å². The molecule has 2 amide bonds. The third kappa shape index (κ3) is 8.01. The van der Waals surface area contributed by atoms with Gasteiger partial charge >= 0.3 is 0 Å². The minimum atomic E-state index is -0.325. The Hall–Kier alpha value is -3.71. The molecular weight excluding hydrogens is 446 g/mol. The first-order valence-corrected chi connectivity index (χ1v) is 11.4. The average molecular weight is 476 g/mol. The van der Waals surface area contributed by atoms with Crippen LogP contribution < -0.4 is 20.7 Å². The molecule has 3 N–H and O–H groups in total. The Balaban J connectivity index is 1.46. The van der Waals surface area contributed by atoms with E-state index in [0.717, 1.165) is 6.42 Å². The molecule has 176 valence electrons. The van der Waals surface area contributed by atoms with Gasteiger partial charge in [0.2, 0.25) is 0 Å². The molecule has 0 spiro atoms. The van der Waals surface area contributed by atoms with Crippen LogP contribution >= 0.6 is 12.2 Å². The average Bonchev–Trinajstić information content (AvgIpc) is 2.79. The molecule has 0 aromatic heterocycles. The van der Waals surface area contributed by atoms with Gasteiger partial charge in [-0.15, -0.1) is 0 Å². The van der Waals surface area contributed by atoms with E-state index in [1.165, 1.54) is 5.56 Å².